The van der Waals surface area contributed by atoms with Crippen molar-refractivity contribution in [3.05, 3.63) is 102 Å². The first-order chi connectivity index (χ1) is 18.1. The molecular formula is C29H27N3O5. The van der Waals surface area contributed by atoms with Gasteiger partial charge in [0.25, 0.3) is 5.91 Å². The van der Waals surface area contributed by atoms with E-state index in [2.05, 4.69) is 5.32 Å². The molecule has 4 aromatic rings. The molecule has 0 spiro atoms. The third kappa shape index (κ3) is 6.85. The Morgan fingerprint density at radius 1 is 0.919 bits per heavy atom. The zero-order chi connectivity index (χ0) is 26.0. The fourth-order valence-electron chi connectivity index (χ4n) is 3.68. The SMILES string of the molecule is COc1ccc(NC(=O)COC(=O)/C=C/c2cn(Cc3ccccc3)nc2-c2ccccc2)cc1OC. The number of nitrogens with zero attached hydrogens (tertiary/aromatic N) is 2. The lowest BCUT2D eigenvalue weighted by Gasteiger charge is -2.10. The van der Waals surface area contributed by atoms with Crippen molar-refractivity contribution in [3.8, 4) is 22.8 Å². The molecule has 1 heterocycles. The zero-order valence-corrected chi connectivity index (χ0v) is 20.6. The second-order valence-electron chi connectivity index (χ2n) is 8.04. The number of carbonyl (C=O) groups is 2. The summed E-state index contributed by atoms with van der Waals surface area (Å²) >= 11 is 0. The average molecular weight is 498 g/mol. The van der Waals surface area contributed by atoms with Crippen molar-refractivity contribution in [1.29, 1.82) is 0 Å². The normalized spacial score (nSPS) is 10.8. The van der Waals surface area contributed by atoms with Crippen LogP contribution in [0.25, 0.3) is 17.3 Å². The zero-order valence-electron chi connectivity index (χ0n) is 20.6. The Kier molecular flexibility index (Phi) is 8.33. The molecule has 0 atom stereocenters. The van der Waals surface area contributed by atoms with Crippen LogP contribution in [-0.2, 0) is 20.9 Å². The molecule has 0 saturated heterocycles. The second-order valence-corrected chi connectivity index (χ2v) is 8.04. The van der Waals surface area contributed by atoms with Gasteiger partial charge < -0.3 is 19.5 Å². The molecule has 0 aliphatic heterocycles. The van der Waals surface area contributed by atoms with Crippen LogP contribution in [0.1, 0.15) is 11.1 Å². The van der Waals surface area contributed by atoms with Crippen molar-refractivity contribution in [2.45, 2.75) is 6.54 Å². The van der Waals surface area contributed by atoms with Crippen LogP contribution in [0.5, 0.6) is 11.5 Å². The summed E-state index contributed by atoms with van der Waals surface area (Å²) < 4.78 is 17.4. The summed E-state index contributed by atoms with van der Waals surface area (Å²) in [7, 11) is 3.03. The minimum absolute atomic E-state index is 0.434. The lowest BCUT2D eigenvalue weighted by atomic mass is 10.1. The molecule has 1 N–H and O–H groups in total. The fraction of sp³-hybridized carbons (Fsp3) is 0.138. The predicted octanol–water partition coefficient (Wildman–Crippen LogP) is 4.81. The number of rotatable bonds is 10. The quantitative estimate of drug-likeness (QED) is 0.250. The largest absolute Gasteiger partial charge is 0.493 e. The highest BCUT2D eigenvalue weighted by atomic mass is 16.5. The Balaban J connectivity index is 1.41. The van der Waals surface area contributed by atoms with Crippen molar-refractivity contribution in [2.24, 2.45) is 0 Å². The van der Waals surface area contributed by atoms with Crippen LogP contribution in [0.4, 0.5) is 5.69 Å². The number of carbonyl (C=O) groups excluding carboxylic acids is 2. The molecule has 0 aliphatic carbocycles. The maximum absolute atomic E-state index is 12.4. The van der Waals surface area contributed by atoms with E-state index in [-0.39, 0.29) is 0 Å². The molecule has 0 saturated carbocycles. The Morgan fingerprint density at radius 3 is 2.32 bits per heavy atom. The number of anilines is 1. The smallest absolute Gasteiger partial charge is 0.331 e. The number of amides is 1. The molecular weight excluding hydrogens is 470 g/mol. The second kappa shape index (κ2) is 12.2. The van der Waals surface area contributed by atoms with E-state index in [0.717, 1.165) is 22.4 Å². The number of aromatic nitrogens is 2. The van der Waals surface area contributed by atoms with E-state index in [9.17, 15) is 9.59 Å². The van der Waals surface area contributed by atoms with Gasteiger partial charge >= 0.3 is 5.97 Å². The first-order valence-corrected chi connectivity index (χ1v) is 11.6. The summed E-state index contributed by atoms with van der Waals surface area (Å²) in [4.78, 5) is 24.6. The highest BCUT2D eigenvalue weighted by molar-refractivity contribution is 5.95. The van der Waals surface area contributed by atoms with E-state index in [4.69, 9.17) is 19.3 Å². The summed E-state index contributed by atoms with van der Waals surface area (Å²) in [6.45, 7) is 0.158. The van der Waals surface area contributed by atoms with Gasteiger partial charge in [-0.15, -0.1) is 0 Å². The molecule has 0 bridgehead atoms. The first kappa shape index (κ1) is 25.2. The molecule has 0 unspecified atom stereocenters. The van der Waals surface area contributed by atoms with E-state index in [1.54, 1.807) is 24.3 Å². The van der Waals surface area contributed by atoms with E-state index < -0.39 is 18.5 Å². The predicted molar refractivity (Wildman–Crippen MR) is 141 cm³/mol. The van der Waals surface area contributed by atoms with Crippen molar-refractivity contribution in [3.63, 3.8) is 0 Å². The van der Waals surface area contributed by atoms with Crippen LogP contribution in [0.15, 0.2) is 91.1 Å². The number of hydrogen-bond acceptors (Lipinski definition) is 6. The van der Waals surface area contributed by atoms with Crippen LogP contribution in [0, 0.1) is 0 Å². The number of esters is 1. The number of benzene rings is 3. The van der Waals surface area contributed by atoms with Crippen LogP contribution in [0.2, 0.25) is 0 Å². The summed E-state index contributed by atoms with van der Waals surface area (Å²) in [5, 5.41) is 7.40. The average Bonchev–Trinajstić information content (AvgIpc) is 3.34. The molecule has 37 heavy (non-hydrogen) atoms. The Morgan fingerprint density at radius 2 is 1.62 bits per heavy atom. The van der Waals surface area contributed by atoms with Crippen molar-refractivity contribution >= 4 is 23.6 Å². The number of ether oxygens (including phenoxy) is 3. The molecule has 1 amide bonds. The summed E-state index contributed by atoms with van der Waals surface area (Å²) in [5.41, 5.74) is 4.03. The Bertz CT molecular complexity index is 1380. The van der Waals surface area contributed by atoms with Crippen LogP contribution in [-0.4, -0.2) is 42.5 Å². The van der Waals surface area contributed by atoms with Crippen LogP contribution in [0.3, 0.4) is 0 Å². The minimum atomic E-state index is -0.641. The lowest BCUT2D eigenvalue weighted by Crippen LogP contribution is -2.20. The molecule has 8 heteroatoms. The molecule has 4 rings (SSSR count). The van der Waals surface area contributed by atoms with E-state index in [1.165, 1.54) is 20.3 Å². The van der Waals surface area contributed by atoms with E-state index >= 15 is 0 Å². The third-order valence-electron chi connectivity index (χ3n) is 5.44. The van der Waals surface area contributed by atoms with Gasteiger partial charge in [-0.25, -0.2) is 4.79 Å². The summed E-state index contributed by atoms with van der Waals surface area (Å²) in [5.74, 6) is -0.104. The fourth-order valence-corrected chi connectivity index (χ4v) is 3.68. The molecule has 3 aromatic carbocycles. The van der Waals surface area contributed by atoms with Gasteiger partial charge in [0.15, 0.2) is 18.1 Å². The Labute approximate surface area is 215 Å². The highest BCUT2D eigenvalue weighted by Crippen LogP contribution is 2.29. The highest BCUT2D eigenvalue weighted by Gasteiger charge is 2.12. The number of hydrogen-bond donors (Lipinski definition) is 1. The lowest BCUT2D eigenvalue weighted by molar-refractivity contribution is -0.142. The standard InChI is InChI=1S/C29H27N3O5/c1-35-25-15-14-24(17-26(25)36-2)30-27(33)20-37-28(34)16-13-23-19-32(18-21-9-5-3-6-10-21)31-29(23)22-11-7-4-8-12-22/h3-17,19H,18,20H2,1-2H3,(H,30,33)/b16-13+. The van der Waals surface area contributed by atoms with Gasteiger partial charge in [0.05, 0.1) is 26.5 Å². The van der Waals surface area contributed by atoms with Crippen LogP contribution >= 0.6 is 0 Å². The van der Waals surface area contributed by atoms with Gasteiger partial charge in [0, 0.05) is 35.2 Å². The number of nitrogens with one attached hydrogen (secondary N) is 1. The minimum Gasteiger partial charge on any atom is -0.493 e. The molecule has 0 fully saturated rings. The van der Waals surface area contributed by atoms with Gasteiger partial charge in [0.2, 0.25) is 0 Å². The monoisotopic (exact) mass is 497 g/mol. The van der Waals surface area contributed by atoms with Crippen molar-refractivity contribution in [1.82, 2.24) is 9.78 Å². The van der Waals surface area contributed by atoms with Gasteiger partial charge in [-0.3, -0.25) is 9.48 Å². The summed E-state index contributed by atoms with van der Waals surface area (Å²) in [6.07, 6.45) is 4.81. The number of methoxy groups -OCH3 is 2. The van der Waals surface area contributed by atoms with Crippen LogP contribution < -0.4 is 14.8 Å². The molecule has 0 radical (unpaired) electrons. The van der Waals surface area contributed by atoms with E-state index in [0.29, 0.717) is 23.7 Å². The molecule has 1 aromatic heterocycles. The third-order valence-corrected chi connectivity index (χ3v) is 5.44. The van der Waals surface area contributed by atoms with Crippen molar-refractivity contribution in [2.75, 3.05) is 26.1 Å². The molecule has 0 aliphatic rings. The Hall–Kier alpha value is -4.85. The molecule has 188 valence electrons. The summed E-state index contributed by atoms with van der Waals surface area (Å²) in [6, 6.07) is 24.7. The van der Waals surface area contributed by atoms with Gasteiger partial charge in [-0.2, -0.15) is 5.10 Å². The first-order valence-electron chi connectivity index (χ1n) is 11.6. The molecule has 8 nitrogen and oxygen atoms in total. The maximum atomic E-state index is 12.4. The van der Waals surface area contributed by atoms with E-state index in [1.807, 2.05) is 71.5 Å². The van der Waals surface area contributed by atoms with Crippen molar-refractivity contribution < 1.29 is 23.8 Å². The van der Waals surface area contributed by atoms with Gasteiger partial charge in [-0.1, -0.05) is 60.7 Å². The topological polar surface area (TPSA) is 91.7 Å². The van der Waals surface area contributed by atoms with Gasteiger partial charge in [-0.05, 0) is 23.8 Å². The maximum Gasteiger partial charge on any atom is 0.331 e. The van der Waals surface area contributed by atoms with Gasteiger partial charge in [0.1, 0.15) is 0 Å².